The van der Waals surface area contributed by atoms with Crippen LogP contribution < -0.4 is 0 Å². The van der Waals surface area contributed by atoms with E-state index in [0.717, 1.165) is 6.07 Å². The number of alkyl halides is 6. The van der Waals surface area contributed by atoms with Crippen LogP contribution in [0, 0.1) is 0 Å². The predicted molar refractivity (Wildman–Crippen MR) is 84.1 cm³/mol. The molecule has 0 aliphatic heterocycles. The van der Waals surface area contributed by atoms with Gasteiger partial charge in [0.1, 0.15) is 0 Å². The molecule has 0 bridgehead atoms. The maximum absolute atomic E-state index is 13.3. The minimum atomic E-state index is -4.88. The van der Waals surface area contributed by atoms with E-state index in [1.54, 1.807) is 6.07 Å². The summed E-state index contributed by atoms with van der Waals surface area (Å²) in [5, 5.41) is 0. The van der Waals surface area contributed by atoms with Crippen molar-refractivity contribution in [2.75, 3.05) is 20.6 Å². The minimum Gasteiger partial charge on any atom is -0.309 e. The molecule has 0 saturated heterocycles. The summed E-state index contributed by atoms with van der Waals surface area (Å²) < 4.78 is 79.7. The minimum absolute atomic E-state index is 0.0866. The molecule has 0 aliphatic rings. The Hall–Kier alpha value is -2.02. The summed E-state index contributed by atoms with van der Waals surface area (Å²) in [6.45, 7) is 0.635. The highest BCUT2D eigenvalue weighted by atomic mass is 19.4. The fourth-order valence-electron chi connectivity index (χ4n) is 2.57. The molecular formula is C18H17F6N. The first-order valence-corrected chi connectivity index (χ1v) is 7.51. The molecule has 1 nitrogen and oxygen atoms in total. The number of halogens is 6. The van der Waals surface area contributed by atoms with E-state index in [4.69, 9.17) is 0 Å². The van der Waals surface area contributed by atoms with Crippen molar-refractivity contribution in [2.45, 2.75) is 18.8 Å². The lowest BCUT2D eigenvalue weighted by Gasteiger charge is -2.19. The van der Waals surface area contributed by atoms with Crippen LogP contribution in [0.15, 0.2) is 42.5 Å². The van der Waals surface area contributed by atoms with Crippen molar-refractivity contribution in [2.24, 2.45) is 0 Å². The lowest BCUT2D eigenvalue weighted by molar-refractivity contribution is -0.142. The summed E-state index contributed by atoms with van der Waals surface area (Å²) in [5.41, 5.74) is -2.80. The standard InChI is InChI=1S/C18H17F6N/c1-25(2)10-9-12-5-3-6-13(11-12)16-14(17(19,20)21)7-4-8-15(16)18(22,23)24/h3-8,11H,9-10H2,1-2H3. The van der Waals surface area contributed by atoms with E-state index in [2.05, 4.69) is 0 Å². The Balaban J connectivity index is 2.63. The number of likely N-dealkylation sites (N-methyl/N-ethyl adjacent to an activating group) is 1. The van der Waals surface area contributed by atoms with Crippen LogP contribution in [0.5, 0.6) is 0 Å². The first-order chi connectivity index (χ1) is 11.5. The molecule has 25 heavy (non-hydrogen) atoms. The summed E-state index contributed by atoms with van der Waals surface area (Å²) in [7, 11) is 3.68. The molecule has 0 fully saturated rings. The highest BCUT2D eigenvalue weighted by Crippen LogP contribution is 2.44. The van der Waals surface area contributed by atoms with Crippen molar-refractivity contribution in [3.05, 3.63) is 59.2 Å². The lowest BCUT2D eigenvalue weighted by Crippen LogP contribution is -2.15. The van der Waals surface area contributed by atoms with E-state index in [-0.39, 0.29) is 5.56 Å². The second kappa shape index (κ2) is 7.07. The second-order valence-electron chi connectivity index (χ2n) is 5.98. The smallest absolute Gasteiger partial charge is 0.309 e. The molecule has 0 unspecified atom stereocenters. The summed E-state index contributed by atoms with van der Waals surface area (Å²) in [6, 6.07) is 7.98. The van der Waals surface area contributed by atoms with Gasteiger partial charge in [-0.2, -0.15) is 26.3 Å². The molecule has 0 saturated carbocycles. The first-order valence-electron chi connectivity index (χ1n) is 7.51. The summed E-state index contributed by atoms with van der Waals surface area (Å²) in [4.78, 5) is 1.89. The third-order valence-electron chi connectivity index (χ3n) is 3.74. The van der Waals surface area contributed by atoms with Crippen LogP contribution in [-0.4, -0.2) is 25.5 Å². The number of nitrogens with zero attached hydrogens (tertiary/aromatic N) is 1. The first kappa shape index (κ1) is 19.3. The molecule has 0 spiro atoms. The van der Waals surface area contributed by atoms with E-state index in [1.807, 2.05) is 19.0 Å². The Kier molecular flexibility index (Phi) is 5.46. The molecule has 0 N–H and O–H groups in total. The zero-order chi connectivity index (χ0) is 18.8. The monoisotopic (exact) mass is 361 g/mol. The number of hydrogen-bond acceptors (Lipinski definition) is 1. The van der Waals surface area contributed by atoms with Crippen LogP contribution in [0.3, 0.4) is 0 Å². The average molecular weight is 361 g/mol. The summed E-state index contributed by atoms with van der Waals surface area (Å²) >= 11 is 0. The zero-order valence-electron chi connectivity index (χ0n) is 13.7. The molecule has 2 rings (SSSR count). The van der Waals surface area contributed by atoms with Crippen LogP contribution in [0.2, 0.25) is 0 Å². The van der Waals surface area contributed by atoms with Crippen LogP contribution in [-0.2, 0) is 18.8 Å². The van der Waals surface area contributed by atoms with Gasteiger partial charge in [-0.15, -0.1) is 0 Å². The van der Waals surface area contributed by atoms with Crippen molar-refractivity contribution in [1.82, 2.24) is 4.90 Å². The zero-order valence-corrected chi connectivity index (χ0v) is 13.7. The Morgan fingerprint density at radius 2 is 1.32 bits per heavy atom. The lowest BCUT2D eigenvalue weighted by atomic mass is 9.92. The van der Waals surface area contributed by atoms with Gasteiger partial charge < -0.3 is 4.90 Å². The maximum atomic E-state index is 13.3. The fourth-order valence-corrected chi connectivity index (χ4v) is 2.57. The van der Waals surface area contributed by atoms with Crippen molar-refractivity contribution in [3.63, 3.8) is 0 Å². The molecule has 0 radical (unpaired) electrons. The summed E-state index contributed by atoms with van der Waals surface area (Å²) in [6.07, 6.45) is -9.23. The Bertz CT molecular complexity index is 699. The molecule has 136 valence electrons. The highest BCUT2D eigenvalue weighted by Gasteiger charge is 2.40. The predicted octanol–water partition coefficient (Wildman–Crippen LogP) is 5.50. The van der Waals surface area contributed by atoms with E-state index in [9.17, 15) is 26.3 Å². The van der Waals surface area contributed by atoms with Crippen molar-refractivity contribution in [3.8, 4) is 11.1 Å². The van der Waals surface area contributed by atoms with E-state index in [1.165, 1.54) is 18.2 Å². The third kappa shape index (κ3) is 4.75. The quantitative estimate of drug-likeness (QED) is 0.651. The van der Waals surface area contributed by atoms with Gasteiger partial charge in [-0.1, -0.05) is 30.3 Å². The Morgan fingerprint density at radius 3 is 1.80 bits per heavy atom. The average Bonchev–Trinajstić information content (AvgIpc) is 2.51. The molecule has 2 aromatic carbocycles. The van der Waals surface area contributed by atoms with Crippen molar-refractivity contribution < 1.29 is 26.3 Å². The van der Waals surface area contributed by atoms with E-state index < -0.39 is 29.0 Å². The van der Waals surface area contributed by atoms with Crippen LogP contribution >= 0.6 is 0 Å². The van der Waals surface area contributed by atoms with Gasteiger partial charge in [-0.3, -0.25) is 0 Å². The van der Waals surface area contributed by atoms with Crippen LogP contribution in [0.25, 0.3) is 11.1 Å². The van der Waals surface area contributed by atoms with Gasteiger partial charge in [0.05, 0.1) is 11.1 Å². The molecule has 2 aromatic rings. The fraction of sp³-hybridized carbons (Fsp3) is 0.333. The second-order valence-corrected chi connectivity index (χ2v) is 5.98. The van der Waals surface area contributed by atoms with Crippen molar-refractivity contribution >= 4 is 0 Å². The SMILES string of the molecule is CN(C)CCc1cccc(-c2c(C(F)(F)F)cccc2C(F)(F)F)c1. The molecule has 0 amide bonds. The molecular weight excluding hydrogens is 344 g/mol. The molecule has 7 heteroatoms. The van der Waals surface area contributed by atoms with Gasteiger partial charge in [0.25, 0.3) is 0 Å². The maximum Gasteiger partial charge on any atom is 0.417 e. The topological polar surface area (TPSA) is 3.24 Å². The van der Waals surface area contributed by atoms with E-state index >= 15 is 0 Å². The Labute approximate surface area is 141 Å². The summed E-state index contributed by atoms with van der Waals surface area (Å²) in [5.74, 6) is 0. The van der Waals surface area contributed by atoms with Gasteiger partial charge >= 0.3 is 12.4 Å². The van der Waals surface area contributed by atoms with Crippen LogP contribution in [0.4, 0.5) is 26.3 Å². The Morgan fingerprint density at radius 1 is 0.800 bits per heavy atom. The number of rotatable bonds is 4. The molecule has 0 aliphatic carbocycles. The number of benzene rings is 2. The van der Waals surface area contributed by atoms with Gasteiger partial charge in [-0.25, -0.2) is 0 Å². The van der Waals surface area contributed by atoms with Gasteiger partial charge in [0.2, 0.25) is 0 Å². The third-order valence-corrected chi connectivity index (χ3v) is 3.74. The van der Waals surface area contributed by atoms with Gasteiger partial charge in [-0.05, 0) is 43.8 Å². The van der Waals surface area contributed by atoms with Gasteiger partial charge in [0, 0.05) is 12.1 Å². The normalized spacial score (nSPS) is 12.7. The van der Waals surface area contributed by atoms with Crippen molar-refractivity contribution in [1.29, 1.82) is 0 Å². The van der Waals surface area contributed by atoms with E-state index in [0.29, 0.717) is 30.7 Å². The molecule has 0 heterocycles. The van der Waals surface area contributed by atoms with Crippen LogP contribution in [0.1, 0.15) is 16.7 Å². The highest BCUT2D eigenvalue weighted by molar-refractivity contribution is 5.73. The largest absolute Gasteiger partial charge is 0.417 e. The number of hydrogen-bond donors (Lipinski definition) is 0. The molecule has 0 aromatic heterocycles. The molecule has 0 atom stereocenters. The van der Waals surface area contributed by atoms with Gasteiger partial charge in [0.15, 0.2) is 0 Å².